The Hall–Kier alpha value is -3.27. The molecule has 2 N–H and O–H groups in total. The highest BCUT2D eigenvalue weighted by Gasteiger charge is 2.52. The van der Waals surface area contributed by atoms with E-state index in [4.69, 9.17) is 14.7 Å². The number of sulfone groups is 1. The van der Waals surface area contributed by atoms with Crippen molar-refractivity contribution in [2.45, 2.75) is 35.3 Å². The third-order valence-electron chi connectivity index (χ3n) is 6.24. The minimum absolute atomic E-state index is 0.000534. The van der Waals surface area contributed by atoms with Crippen LogP contribution in [-0.2, 0) is 25.8 Å². The zero-order valence-electron chi connectivity index (χ0n) is 19.2. The number of carbonyl (C=O) groups is 1. The Morgan fingerprint density at radius 1 is 1.06 bits per heavy atom. The number of hydroxylamine groups is 1. The topological polar surface area (TPSA) is 115 Å². The van der Waals surface area contributed by atoms with Crippen molar-refractivity contribution >= 4 is 15.7 Å². The van der Waals surface area contributed by atoms with Gasteiger partial charge in [-0.1, -0.05) is 30.3 Å². The van der Waals surface area contributed by atoms with Crippen molar-refractivity contribution in [3.63, 3.8) is 0 Å². The number of aromatic nitrogens is 1. The molecule has 4 rings (SSSR count). The monoisotopic (exact) mass is 496 g/mol. The highest BCUT2D eigenvalue weighted by atomic mass is 32.2. The average molecular weight is 497 g/mol. The molecule has 184 valence electrons. The molecular weight excluding hydrogens is 468 g/mol. The van der Waals surface area contributed by atoms with Gasteiger partial charge in [0.2, 0.25) is 0 Å². The Balaban J connectivity index is 1.36. The fourth-order valence-corrected chi connectivity index (χ4v) is 6.16. The van der Waals surface area contributed by atoms with Gasteiger partial charge in [-0.05, 0) is 67.6 Å². The lowest BCUT2D eigenvalue weighted by molar-refractivity contribution is -0.134. The Labute approximate surface area is 204 Å². The van der Waals surface area contributed by atoms with Crippen LogP contribution in [0, 0.1) is 0 Å². The van der Waals surface area contributed by atoms with Crippen LogP contribution in [0.25, 0.3) is 11.3 Å². The molecule has 1 fully saturated rings. The Bertz CT molecular complexity index is 1240. The second-order valence-corrected chi connectivity index (χ2v) is 10.6. The number of nitrogens with one attached hydrogen (secondary N) is 1. The molecule has 2 heterocycles. The van der Waals surface area contributed by atoms with Crippen molar-refractivity contribution in [1.82, 2.24) is 10.5 Å². The maximum absolute atomic E-state index is 13.3. The highest BCUT2D eigenvalue weighted by molar-refractivity contribution is 7.93. The van der Waals surface area contributed by atoms with E-state index in [9.17, 15) is 13.2 Å². The normalized spacial score (nSPS) is 15.3. The van der Waals surface area contributed by atoms with Crippen molar-refractivity contribution in [3.05, 3.63) is 78.5 Å². The zero-order chi connectivity index (χ0) is 24.7. The molecule has 0 unspecified atom stereocenters. The summed E-state index contributed by atoms with van der Waals surface area (Å²) in [6, 6.07) is 20.1. The smallest absolute Gasteiger partial charge is 0.265 e. The molecule has 1 saturated heterocycles. The third kappa shape index (κ3) is 5.37. The Morgan fingerprint density at radius 3 is 2.46 bits per heavy atom. The van der Waals surface area contributed by atoms with Crippen LogP contribution in [0.4, 0.5) is 0 Å². The van der Waals surface area contributed by atoms with E-state index >= 15 is 0 Å². The van der Waals surface area contributed by atoms with Crippen molar-refractivity contribution in [2.75, 3.05) is 19.8 Å². The maximum atomic E-state index is 13.3. The van der Waals surface area contributed by atoms with Gasteiger partial charge in [-0.25, -0.2) is 13.9 Å². The van der Waals surface area contributed by atoms with E-state index in [-0.39, 0.29) is 31.0 Å². The lowest BCUT2D eigenvalue weighted by Crippen LogP contribution is -2.54. The Kier molecular flexibility index (Phi) is 7.80. The van der Waals surface area contributed by atoms with Gasteiger partial charge in [0.1, 0.15) is 5.75 Å². The molecule has 1 amide bonds. The van der Waals surface area contributed by atoms with Gasteiger partial charge in [-0.3, -0.25) is 15.0 Å². The molecule has 1 aromatic heterocycles. The summed E-state index contributed by atoms with van der Waals surface area (Å²) in [6.07, 6.45) is 3.34. The summed E-state index contributed by atoms with van der Waals surface area (Å²) < 4.78 is 35.9. The molecular formula is C26H28N2O6S. The summed E-state index contributed by atoms with van der Waals surface area (Å²) in [5, 5.41) is 9.15. The molecule has 9 heteroatoms. The summed E-state index contributed by atoms with van der Waals surface area (Å²) in [4.78, 5) is 16.8. The van der Waals surface area contributed by atoms with Gasteiger partial charge in [0.05, 0.1) is 17.2 Å². The second-order valence-electron chi connectivity index (χ2n) is 8.39. The number of nitrogens with zero attached hydrogens (tertiary/aromatic N) is 1. The Morgan fingerprint density at radius 2 is 1.77 bits per heavy atom. The van der Waals surface area contributed by atoms with E-state index in [2.05, 4.69) is 11.1 Å². The number of amides is 1. The summed E-state index contributed by atoms with van der Waals surface area (Å²) in [5.41, 5.74) is 4.68. The number of carbonyl (C=O) groups excluding carboxylic acids is 1. The minimum atomic E-state index is -4.05. The van der Waals surface area contributed by atoms with Gasteiger partial charge in [-0.2, -0.15) is 0 Å². The lowest BCUT2D eigenvalue weighted by atomic mass is 9.98. The number of hydrogen-bond acceptors (Lipinski definition) is 7. The van der Waals surface area contributed by atoms with Gasteiger partial charge >= 0.3 is 0 Å². The first-order chi connectivity index (χ1) is 17.0. The SMILES string of the molecule is O=C(NO)C1(S(=O)(=O)c2ccc(OCCCc3ccnc(-c4ccccc4)c3)cc2)CCOCC1. The van der Waals surface area contributed by atoms with Gasteiger partial charge < -0.3 is 9.47 Å². The summed E-state index contributed by atoms with van der Waals surface area (Å²) >= 11 is 0. The molecule has 1 aliphatic rings. The predicted octanol–water partition coefficient (Wildman–Crippen LogP) is 3.59. The summed E-state index contributed by atoms with van der Waals surface area (Å²) in [6.45, 7) is 0.708. The predicted molar refractivity (Wildman–Crippen MR) is 130 cm³/mol. The van der Waals surface area contributed by atoms with Crippen LogP contribution in [0.3, 0.4) is 0 Å². The van der Waals surface area contributed by atoms with Crippen LogP contribution >= 0.6 is 0 Å². The standard InChI is InChI=1S/C26H28N2O6S/c29-25(28-30)26(13-17-33-18-14-26)35(31,32)23-10-8-22(9-11-23)34-16-4-5-20-12-15-27-24(19-20)21-6-2-1-3-7-21/h1-3,6-12,15,19,30H,4-5,13-14,16-18H2,(H,28,29). The van der Waals surface area contributed by atoms with Crippen LogP contribution in [0.1, 0.15) is 24.8 Å². The van der Waals surface area contributed by atoms with Crippen molar-refractivity contribution < 1.29 is 27.9 Å². The number of hydrogen-bond donors (Lipinski definition) is 2. The highest BCUT2D eigenvalue weighted by Crippen LogP contribution is 2.35. The minimum Gasteiger partial charge on any atom is -0.494 e. The second kappa shape index (κ2) is 11.0. The largest absolute Gasteiger partial charge is 0.494 e. The van der Waals surface area contributed by atoms with E-state index in [0.29, 0.717) is 12.4 Å². The van der Waals surface area contributed by atoms with E-state index in [0.717, 1.165) is 29.7 Å². The first-order valence-electron chi connectivity index (χ1n) is 11.5. The molecule has 8 nitrogen and oxygen atoms in total. The number of pyridine rings is 1. The molecule has 0 spiro atoms. The number of aryl methyl sites for hydroxylation is 1. The molecule has 0 atom stereocenters. The first-order valence-corrected chi connectivity index (χ1v) is 12.9. The number of benzene rings is 2. The van der Waals surface area contributed by atoms with Crippen LogP contribution in [0.5, 0.6) is 5.75 Å². The van der Waals surface area contributed by atoms with Crippen molar-refractivity contribution in [2.24, 2.45) is 0 Å². The van der Waals surface area contributed by atoms with Crippen LogP contribution in [0.2, 0.25) is 0 Å². The third-order valence-corrected chi connectivity index (χ3v) is 8.75. The molecule has 3 aromatic rings. The average Bonchev–Trinajstić information content (AvgIpc) is 2.92. The molecule has 1 aliphatic heterocycles. The quantitative estimate of drug-likeness (QED) is 0.264. The van der Waals surface area contributed by atoms with Gasteiger partial charge in [-0.15, -0.1) is 0 Å². The first kappa shape index (κ1) is 24.8. The van der Waals surface area contributed by atoms with Gasteiger partial charge in [0, 0.05) is 25.0 Å². The summed E-state index contributed by atoms with van der Waals surface area (Å²) in [7, 11) is -4.05. The fourth-order valence-electron chi connectivity index (χ4n) is 4.22. The van der Waals surface area contributed by atoms with E-state index in [1.165, 1.54) is 17.6 Å². The lowest BCUT2D eigenvalue weighted by Gasteiger charge is -2.34. The fraction of sp³-hybridized carbons (Fsp3) is 0.308. The van der Waals surface area contributed by atoms with Gasteiger partial charge in [0.15, 0.2) is 14.6 Å². The maximum Gasteiger partial charge on any atom is 0.265 e. The molecule has 35 heavy (non-hydrogen) atoms. The van der Waals surface area contributed by atoms with Crippen LogP contribution in [0.15, 0.2) is 77.8 Å². The van der Waals surface area contributed by atoms with Crippen molar-refractivity contribution in [3.8, 4) is 17.0 Å². The summed E-state index contributed by atoms with van der Waals surface area (Å²) in [5.74, 6) is -0.399. The molecule has 2 aromatic carbocycles. The van der Waals surface area contributed by atoms with E-state index in [1.807, 2.05) is 36.4 Å². The van der Waals surface area contributed by atoms with Crippen LogP contribution in [-0.4, -0.2) is 49.1 Å². The van der Waals surface area contributed by atoms with E-state index in [1.54, 1.807) is 18.3 Å². The van der Waals surface area contributed by atoms with Crippen LogP contribution < -0.4 is 10.2 Å². The molecule has 0 bridgehead atoms. The number of ether oxygens (including phenoxy) is 2. The molecule has 0 saturated carbocycles. The molecule has 0 radical (unpaired) electrons. The number of rotatable bonds is 9. The van der Waals surface area contributed by atoms with Crippen molar-refractivity contribution in [1.29, 1.82) is 0 Å². The van der Waals surface area contributed by atoms with Gasteiger partial charge in [0.25, 0.3) is 5.91 Å². The zero-order valence-corrected chi connectivity index (χ0v) is 20.0. The molecule has 0 aliphatic carbocycles. The van der Waals surface area contributed by atoms with E-state index < -0.39 is 20.5 Å².